The molecule has 1 unspecified atom stereocenters. The number of halogens is 1. The number of likely N-dealkylation sites (N-methyl/N-ethyl adjacent to an activating group) is 1. The van der Waals surface area contributed by atoms with Gasteiger partial charge in [0.2, 0.25) is 5.78 Å². The second kappa shape index (κ2) is 5.67. The van der Waals surface area contributed by atoms with Gasteiger partial charge in [0.1, 0.15) is 5.75 Å². The Bertz CT molecular complexity index is 686. The summed E-state index contributed by atoms with van der Waals surface area (Å²) in [6.07, 6.45) is 9.19. The first-order valence-corrected chi connectivity index (χ1v) is 7.92. The Labute approximate surface area is 138 Å². The molecule has 2 aliphatic rings. The molecule has 1 aliphatic heterocycles. The van der Waals surface area contributed by atoms with E-state index in [1.165, 1.54) is 5.70 Å². The van der Waals surface area contributed by atoms with E-state index in [2.05, 4.69) is 45.7 Å². The topological polar surface area (TPSA) is 29.5 Å². The van der Waals surface area contributed by atoms with Crippen LogP contribution >= 0.6 is 22.6 Å². The molecule has 4 heteroatoms. The predicted molar refractivity (Wildman–Crippen MR) is 91.2 cm³/mol. The number of rotatable bonds is 2. The lowest BCUT2D eigenvalue weighted by molar-refractivity contribution is 0.101. The van der Waals surface area contributed by atoms with Crippen molar-refractivity contribution < 1.29 is 9.53 Å². The van der Waals surface area contributed by atoms with Crippen molar-refractivity contribution in [3.63, 3.8) is 0 Å². The second-order valence-corrected chi connectivity index (χ2v) is 6.63. The lowest BCUT2D eigenvalue weighted by atomic mass is 9.97. The highest BCUT2D eigenvalue weighted by molar-refractivity contribution is 14.1. The molecule has 3 nitrogen and oxygen atoms in total. The maximum absolute atomic E-state index is 12.4. The summed E-state index contributed by atoms with van der Waals surface area (Å²) in [7, 11) is 4.05. The summed E-state index contributed by atoms with van der Waals surface area (Å²) in [4.78, 5) is 14.4. The highest BCUT2D eigenvalue weighted by Crippen LogP contribution is 2.33. The van der Waals surface area contributed by atoms with Gasteiger partial charge in [0.05, 0.1) is 5.56 Å². The van der Waals surface area contributed by atoms with Gasteiger partial charge in [0.25, 0.3) is 0 Å². The summed E-state index contributed by atoms with van der Waals surface area (Å²) in [6, 6.07) is 5.68. The van der Waals surface area contributed by atoms with E-state index in [9.17, 15) is 4.79 Å². The maximum atomic E-state index is 12.4. The monoisotopic (exact) mass is 393 g/mol. The van der Waals surface area contributed by atoms with Crippen LogP contribution in [0.25, 0.3) is 0 Å². The van der Waals surface area contributed by atoms with Crippen molar-refractivity contribution in [3.05, 3.63) is 63.1 Å². The Kier molecular flexibility index (Phi) is 3.89. The number of ether oxygens (including phenoxy) is 1. The molecule has 1 atom stereocenters. The molecule has 0 saturated carbocycles. The van der Waals surface area contributed by atoms with Crippen molar-refractivity contribution in [1.82, 2.24) is 4.90 Å². The fraction of sp³-hybridized carbons (Fsp3) is 0.235. The van der Waals surface area contributed by atoms with Crippen LogP contribution in [0.5, 0.6) is 5.75 Å². The smallest absolute Gasteiger partial charge is 0.231 e. The number of fused-ring (bicyclic) bond motifs is 1. The molecule has 1 aliphatic carbocycles. The molecule has 0 spiro atoms. The van der Waals surface area contributed by atoms with Crippen LogP contribution in [-0.2, 0) is 0 Å². The van der Waals surface area contributed by atoms with Crippen molar-refractivity contribution >= 4 is 28.4 Å². The van der Waals surface area contributed by atoms with Gasteiger partial charge in [-0.15, -0.1) is 0 Å². The molecule has 21 heavy (non-hydrogen) atoms. The quantitative estimate of drug-likeness (QED) is 0.566. The van der Waals surface area contributed by atoms with Crippen LogP contribution < -0.4 is 4.74 Å². The zero-order chi connectivity index (χ0) is 15.0. The Morgan fingerprint density at radius 1 is 1.38 bits per heavy atom. The Balaban J connectivity index is 1.79. The van der Waals surface area contributed by atoms with Gasteiger partial charge < -0.3 is 9.64 Å². The molecule has 0 amide bonds. The fourth-order valence-corrected chi connectivity index (χ4v) is 2.94. The first-order valence-electron chi connectivity index (χ1n) is 6.84. The zero-order valence-corrected chi connectivity index (χ0v) is 14.1. The first kappa shape index (κ1) is 14.4. The zero-order valence-electron chi connectivity index (χ0n) is 12.0. The van der Waals surface area contributed by atoms with E-state index in [-0.39, 0.29) is 11.7 Å². The summed E-state index contributed by atoms with van der Waals surface area (Å²) in [6.45, 7) is 0. The van der Waals surface area contributed by atoms with E-state index in [0.717, 1.165) is 9.99 Å². The molecule has 0 fully saturated rings. The van der Waals surface area contributed by atoms with Gasteiger partial charge in [-0.1, -0.05) is 12.2 Å². The Hall–Kier alpha value is -1.56. The van der Waals surface area contributed by atoms with Gasteiger partial charge >= 0.3 is 0 Å². The number of ketones is 1. The van der Waals surface area contributed by atoms with E-state index in [0.29, 0.717) is 17.1 Å². The van der Waals surface area contributed by atoms with E-state index < -0.39 is 0 Å². The van der Waals surface area contributed by atoms with Gasteiger partial charge in [0.15, 0.2) is 5.76 Å². The van der Waals surface area contributed by atoms with Crippen LogP contribution in [0.4, 0.5) is 0 Å². The lowest BCUT2D eigenvalue weighted by Crippen LogP contribution is -2.12. The number of benzene rings is 1. The van der Waals surface area contributed by atoms with Crippen LogP contribution in [0.15, 0.2) is 54.0 Å². The molecule has 1 aromatic carbocycles. The number of carbonyl (C=O) groups is 1. The van der Waals surface area contributed by atoms with Crippen LogP contribution in [0.3, 0.4) is 0 Å². The number of carbonyl (C=O) groups excluding carboxylic acids is 1. The summed E-state index contributed by atoms with van der Waals surface area (Å²) < 4.78 is 6.74. The first-order chi connectivity index (χ1) is 10.0. The van der Waals surface area contributed by atoms with Crippen LogP contribution in [0.1, 0.15) is 16.8 Å². The number of hydrogen-bond acceptors (Lipinski definition) is 3. The highest BCUT2D eigenvalue weighted by atomic mass is 127. The van der Waals surface area contributed by atoms with Crippen molar-refractivity contribution in [2.24, 2.45) is 5.92 Å². The molecule has 1 aromatic rings. The maximum Gasteiger partial charge on any atom is 0.231 e. The van der Waals surface area contributed by atoms with Crippen molar-refractivity contribution in [2.75, 3.05) is 14.1 Å². The Morgan fingerprint density at radius 2 is 2.19 bits per heavy atom. The minimum absolute atomic E-state index is 0.0145. The number of hydrogen-bond donors (Lipinski definition) is 0. The van der Waals surface area contributed by atoms with E-state index in [1.54, 1.807) is 0 Å². The minimum Gasteiger partial charge on any atom is -0.453 e. The highest BCUT2D eigenvalue weighted by Gasteiger charge is 2.28. The number of Topliss-reactive ketones (excluding diaryl/α,β-unsaturated/α-hetero) is 1. The molecule has 1 heterocycles. The van der Waals surface area contributed by atoms with Crippen LogP contribution in [-0.4, -0.2) is 24.8 Å². The summed E-state index contributed by atoms with van der Waals surface area (Å²) in [5.41, 5.74) is 1.86. The fourth-order valence-electron chi connectivity index (χ4n) is 2.45. The van der Waals surface area contributed by atoms with Crippen molar-refractivity contribution in [2.45, 2.75) is 6.42 Å². The normalized spacial score (nSPS) is 22.0. The number of nitrogens with zero attached hydrogens (tertiary/aromatic N) is 1. The average Bonchev–Trinajstić information content (AvgIpc) is 2.76. The second-order valence-electron chi connectivity index (χ2n) is 5.38. The van der Waals surface area contributed by atoms with Gasteiger partial charge in [-0.25, -0.2) is 0 Å². The van der Waals surface area contributed by atoms with E-state index in [1.807, 2.05) is 38.4 Å². The molecule has 0 radical (unpaired) electrons. The third-order valence-electron chi connectivity index (χ3n) is 3.63. The largest absolute Gasteiger partial charge is 0.453 e. The SMILES string of the molecule is CN(C)C1=CCC(/C=C2\Oc3ccc(I)cc3C2=O)C=C1. The van der Waals surface area contributed by atoms with Crippen molar-refractivity contribution in [3.8, 4) is 5.75 Å². The van der Waals surface area contributed by atoms with Gasteiger partial charge in [0, 0.05) is 29.3 Å². The summed E-state index contributed by atoms with van der Waals surface area (Å²) >= 11 is 2.20. The molecular formula is C17H16INO2. The standard InChI is InChI=1S/C17H16INO2/c1-19(2)13-6-3-11(4-7-13)9-16-17(20)14-10-12(18)5-8-15(14)21-16/h3,5-11H,4H2,1-2H3/b16-9-. The predicted octanol–water partition coefficient (Wildman–Crippen LogP) is 3.77. The summed E-state index contributed by atoms with van der Waals surface area (Å²) in [5, 5.41) is 0. The third-order valence-corrected chi connectivity index (χ3v) is 4.30. The lowest BCUT2D eigenvalue weighted by Gasteiger charge is -2.19. The molecule has 0 saturated heterocycles. The van der Waals surface area contributed by atoms with E-state index in [4.69, 9.17) is 4.74 Å². The average molecular weight is 393 g/mol. The molecular weight excluding hydrogens is 377 g/mol. The van der Waals surface area contributed by atoms with Gasteiger partial charge in [-0.2, -0.15) is 0 Å². The Morgan fingerprint density at radius 3 is 2.86 bits per heavy atom. The van der Waals surface area contributed by atoms with Crippen molar-refractivity contribution in [1.29, 1.82) is 0 Å². The molecule has 0 N–H and O–H groups in total. The van der Waals surface area contributed by atoms with Crippen LogP contribution in [0.2, 0.25) is 0 Å². The molecule has 0 aromatic heterocycles. The molecule has 3 rings (SSSR count). The number of allylic oxidation sites excluding steroid dienone is 5. The van der Waals surface area contributed by atoms with Gasteiger partial charge in [-0.3, -0.25) is 4.79 Å². The minimum atomic E-state index is -0.0145. The third kappa shape index (κ3) is 2.90. The molecule has 108 valence electrons. The summed E-state index contributed by atoms with van der Waals surface area (Å²) in [5.74, 6) is 1.31. The molecule has 0 bridgehead atoms. The van der Waals surface area contributed by atoms with Gasteiger partial charge in [-0.05, 0) is 59.4 Å². The van der Waals surface area contributed by atoms with Crippen LogP contribution in [0, 0.1) is 9.49 Å². The van der Waals surface area contributed by atoms with E-state index >= 15 is 0 Å².